The van der Waals surface area contributed by atoms with Crippen molar-refractivity contribution in [1.82, 2.24) is 15.2 Å². The second-order valence-electron chi connectivity index (χ2n) is 6.22. The number of nitrogens with zero attached hydrogens (tertiary/aromatic N) is 2. The molecule has 0 saturated carbocycles. The number of hydrogen-bond acceptors (Lipinski definition) is 4. The van der Waals surface area contributed by atoms with Gasteiger partial charge in [0.05, 0.1) is 22.8 Å². The lowest BCUT2D eigenvalue weighted by Gasteiger charge is -2.35. The average molecular weight is 435 g/mol. The molecule has 1 amide bonds. The lowest BCUT2D eigenvalue weighted by atomic mass is 10.1. The van der Waals surface area contributed by atoms with E-state index in [9.17, 15) is 18.0 Å². The summed E-state index contributed by atoms with van der Waals surface area (Å²) in [5.41, 5.74) is 0.0526. The molecule has 0 bridgehead atoms. The van der Waals surface area contributed by atoms with Crippen molar-refractivity contribution in [2.75, 3.05) is 31.5 Å². The highest BCUT2D eigenvalue weighted by atomic mass is 35.5. The summed E-state index contributed by atoms with van der Waals surface area (Å²) >= 11 is 5.94. The minimum absolute atomic E-state index is 0. The number of hydrogen-bond donors (Lipinski definition) is 2. The van der Waals surface area contributed by atoms with E-state index in [0.717, 1.165) is 23.8 Å². The van der Waals surface area contributed by atoms with Gasteiger partial charge in [0.25, 0.3) is 0 Å². The van der Waals surface area contributed by atoms with Crippen LogP contribution in [0.4, 0.5) is 18.9 Å². The number of halogens is 5. The Balaban J connectivity index is 0.00000280. The molecule has 1 unspecified atom stereocenters. The summed E-state index contributed by atoms with van der Waals surface area (Å²) in [7, 11) is 0. The summed E-state index contributed by atoms with van der Waals surface area (Å²) in [5, 5.41) is 5.82. The molecule has 2 heterocycles. The molecule has 2 N–H and O–H groups in total. The number of nitrogens with one attached hydrogen (secondary N) is 2. The lowest BCUT2D eigenvalue weighted by molar-refractivity contribution is -0.137. The summed E-state index contributed by atoms with van der Waals surface area (Å²) < 4.78 is 38.6. The summed E-state index contributed by atoms with van der Waals surface area (Å²) in [4.78, 5) is 18.5. The van der Waals surface area contributed by atoms with Crippen molar-refractivity contribution in [3.8, 4) is 0 Å². The fourth-order valence-electron chi connectivity index (χ4n) is 3.01. The van der Waals surface area contributed by atoms with E-state index < -0.39 is 17.6 Å². The van der Waals surface area contributed by atoms with Gasteiger partial charge in [-0.2, -0.15) is 13.2 Å². The maximum Gasteiger partial charge on any atom is 0.416 e. The molecule has 152 valence electrons. The van der Waals surface area contributed by atoms with Gasteiger partial charge in [0.15, 0.2) is 0 Å². The summed E-state index contributed by atoms with van der Waals surface area (Å²) in [6.07, 6.45) is -1.09. The van der Waals surface area contributed by atoms with Crippen molar-refractivity contribution >= 4 is 35.6 Å². The number of alkyl halides is 3. The van der Waals surface area contributed by atoms with Crippen molar-refractivity contribution in [2.45, 2.75) is 12.2 Å². The highest BCUT2D eigenvalue weighted by molar-refractivity contribution is 6.33. The standard InChI is InChI=1S/C18H18ClF3N4O.ClH/c19-14-4-3-13(18(20,21)22)8-15(14)25-17(27)11-26-7-6-24-10-16(26)12-2-1-5-23-9-12;/h1-5,8-9,16,24H,6-7,10-11H2,(H,25,27);1H. The number of benzene rings is 1. The minimum atomic E-state index is -4.51. The van der Waals surface area contributed by atoms with E-state index in [1.54, 1.807) is 12.4 Å². The second-order valence-corrected chi connectivity index (χ2v) is 6.62. The molecule has 28 heavy (non-hydrogen) atoms. The van der Waals surface area contributed by atoms with Gasteiger partial charge in [-0.1, -0.05) is 17.7 Å². The summed E-state index contributed by atoms with van der Waals surface area (Å²) in [5.74, 6) is -0.424. The zero-order valence-corrected chi connectivity index (χ0v) is 16.2. The molecule has 1 aromatic heterocycles. The van der Waals surface area contributed by atoms with Crippen molar-refractivity contribution in [1.29, 1.82) is 0 Å². The number of aromatic nitrogens is 1. The maximum absolute atomic E-state index is 12.9. The third-order valence-corrected chi connectivity index (χ3v) is 4.67. The first-order chi connectivity index (χ1) is 12.8. The molecule has 1 aliphatic rings. The SMILES string of the molecule is Cl.O=C(CN1CCNCC1c1cccnc1)Nc1cc(C(F)(F)F)ccc1Cl. The largest absolute Gasteiger partial charge is 0.416 e. The fraction of sp³-hybridized carbons (Fsp3) is 0.333. The molecule has 10 heteroatoms. The van der Waals surface area contributed by atoms with Gasteiger partial charge in [-0.25, -0.2) is 0 Å². The van der Waals surface area contributed by atoms with Crippen molar-refractivity contribution in [3.63, 3.8) is 0 Å². The molecule has 1 saturated heterocycles. The van der Waals surface area contributed by atoms with Crippen molar-refractivity contribution < 1.29 is 18.0 Å². The molecule has 0 aliphatic carbocycles. The topological polar surface area (TPSA) is 57.3 Å². The van der Waals surface area contributed by atoms with E-state index in [0.29, 0.717) is 19.6 Å². The Morgan fingerprint density at radius 2 is 2.14 bits per heavy atom. The van der Waals surface area contributed by atoms with Crippen LogP contribution in [0.3, 0.4) is 0 Å². The van der Waals surface area contributed by atoms with Crippen LogP contribution < -0.4 is 10.6 Å². The van der Waals surface area contributed by atoms with Crippen LogP contribution in [0, 0.1) is 0 Å². The summed E-state index contributed by atoms with van der Waals surface area (Å²) in [6.45, 7) is 2.04. The molecule has 0 radical (unpaired) electrons. The van der Waals surface area contributed by atoms with Gasteiger partial charge in [0.1, 0.15) is 0 Å². The van der Waals surface area contributed by atoms with Gasteiger partial charge in [0, 0.05) is 38.1 Å². The van der Waals surface area contributed by atoms with E-state index in [1.807, 2.05) is 17.0 Å². The fourth-order valence-corrected chi connectivity index (χ4v) is 3.17. The van der Waals surface area contributed by atoms with E-state index in [1.165, 1.54) is 0 Å². The minimum Gasteiger partial charge on any atom is -0.324 e. The van der Waals surface area contributed by atoms with Crippen LogP contribution in [0.15, 0.2) is 42.7 Å². The van der Waals surface area contributed by atoms with Crippen molar-refractivity contribution in [3.05, 3.63) is 58.9 Å². The van der Waals surface area contributed by atoms with Crippen LogP contribution in [0.5, 0.6) is 0 Å². The van der Waals surface area contributed by atoms with Gasteiger partial charge in [-0.05, 0) is 29.8 Å². The van der Waals surface area contributed by atoms with E-state index in [-0.39, 0.29) is 35.7 Å². The van der Waals surface area contributed by atoms with Gasteiger partial charge in [-0.3, -0.25) is 14.7 Å². The zero-order chi connectivity index (χ0) is 19.4. The first kappa shape index (κ1) is 22.4. The number of amides is 1. The second kappa shape index (κ2) is 9.56. The Morgan fingerprint density at radius 1 is 1.36 bits per heavy atom. The van der Waals surface area contributed by atoms with Gasteiger partial charge in [0.2, 0.25) is 5.91 Å². The van der Waals surface area contributed by atoms with Crippen molar-refractivity contribution in [2.24, 2.45) is 0 Å². The number of rotatable bonds is 4. The predicted molar refractivity (Wildman–Crippen MR) is 104 cm³/mol. The van der Waals surface area contributed by atoms with Crippen LogP contribution in [0.25, 0.3) is 0 Å². The Hall–Kier alpha value is -1.87. The Kier molecular flexibility index (Phi) is 7.65. The molecule has 1 aliphatic heterocycles. The van der Waals surface area contributed by atoms with Crippen LogP contribution in [0.2, 0.25) is 5.02 Å². The Bertz CT molecular complexity index is 805. The molecule has 1 aromatic carbocycles. The van der Waals surface area contributed by atoms with E-state index >= 15 is 0 Å². The Morgan fingerprint density at radius 3 is 2.82 bits per heavy atom. The number of pyridine rings is 1. The van der Waals surface area contributed by atoms with Crippen LogP contribution >= 0.6 is 24.0 Å². The molecular formula is C18H19Cl2F3N4O. The zero-order valence-electron chi connectivity index (χ0n) is 14.7. The van der Waals surface area contributed by atoms with Crippen LogP contribution in [-0.2, 0) is 11.0 Å². The number of piperazine rings is 1. The number of carbonyl (C=O) groups excluding carboxylic acids is 1. The maximum atomic E-state index is 12.9. The molecule has 5 nitrogen and oxygen atoms in total. The third-order valence-electron chi connectivity index (χ3n) is 4.34. The first-order valence-corrected chi connectivity index (χ1v) is 8.73. The first-order valence-electron chi connectivity index (χ1n) is 8.36. The molecule has 1 fully saturated rings. The highest BCUT2D eigenvalue weighted by Crippen LogP contribution is 2.33. The van der Waals surface area contributed by atoms with E-state index in [4.69, 9.17) is 11.6 Å². The van der Waals surface area contributed by atoms with E-state index in [2.05, 4.69) is 15.6 Å². The molecule has 1 atom stereocenters. The monoisotopic (exact) mass is 434 g/mol. The highest BCUT2D eigenvalue weighted by Gasteiger charge is 2.31. The molecule has 3 rings (SSSR count). The average Bonchev–Trinajstić information content (AvgIpc) is 2.64. The predicted octanol–water partition coefficient (Wildman–Crippen LogP) is 3.76. The summed E-state index contributed by atoms with van der Waals surface area (Å²) in [6, 6.07) is 6.56. The number of carbonyl (C=O) groups is 1. The molecule has 2 aromatic rings. The van der Waals surface area contributed by atoms with Gasteiger partial charge < -0.3 is 10.6 Å². The van der Waals surface area contributed by atoms with Crippen LogP contribution in [-0.4, -0.2) is 42.0 Å². The van der Waals surface area contributed by atoms with Gasteiger partial charge in [-0.15, -0.1) is 12.4 Å². The molecule has 0 spiro atoms. The van der Waals surface area contributed by atoms with Crippen LogP contribution in [0.1, 0.15) is 17.2 Å². The number of anilines is 1. The molecular weight excluding hydrogens is 416 g/mol. The Labute approximate surface area is 171 Å². The van der Waals surface area contributed by atoms with Gasteiger partial charge >= 0.3 is 6.18 Å². The third kappa shape index (κ3) is 5.57. The lowest BCUT2D eigenvalue weighted by Crippen LogP contribution is -2.48. The quantitative estimate of drug-likeness (QED) is 0.768. The normalized spacial score (nSPS) is 17.6. The smallest absolute Gasteiger partial charge is 0.324 e.